The first-order valence-electron chi connectivity index (χ1n) is 8.73. The van der Waals surface area contributed by atoms with E-state index in [2.05, 4.69) is 20.8 Å². The van der Waals surface area contributed by atoms with Crippen molar-refractivity contribution in [3.63, 3.8) is 0 Å². The predicted molar refractivity (Wildman–Crippen MR) is 110 cm³/mol. The third kappa shape index (κ3) is 6.78. The van der Waals surface area contributed by atoms with Crippen LogP contribution in [0.2, 0.25) is 0 Å². The third-order valence-electron chi connectivity index (χ3n) is 3.91. The zero-order valence-corrected chi connectivity index (χ0v) is 17.2. The van der Waals surface area contributed by atoms with Gasteiger partial charge in [-0.25, -0.2) is 9.07 Å². The summed E-state index contributed by atoms with van der Waals surface area (Å²) in [6.45, 7) is 2.04. The SMILES string of the molecule is Cl.Cn1nnnc1SCCCNCc1ccccc1OCc1ccc(F)cc1. The van der Waals surface area contributed by atoms with E-state index in [0.29, 0.717) is 6.61 Å². The Hall–Kier alpha value is -2.16. The first-order chi connectivity index (χ1) is 13.2. The molecule has 0 atom stereocenters. The number of aryl methyl sites for hydroxylation is 1. The minimum absolute atomic E-state index is 0. The zero-order valence-electron chi connectivity index (χ0n) is 15.5. The van der Waals surface area contributed by atoms with Crippen molar-refractivity contribution in [2.75, 3.05) is 12.3 Å². The number of nitrogens with one attached hydrogen (secondary N) is 1. The number of nitrogens with zero attached hydrogens (tertiary/aromatic N) is 4. The van der Waals surface area contributed by atoms with Crippen LogP contribution in [-0.4, -0.2) is 32.5 Å². The molecule has 0 amide bonds. The fraction of sp³-hybridized carbons (Fsp3) is 0.316. The molecule has 9 heteroatoms. The van der Waals surface area contributed by atoms with Gasteiger partial charge < -0.3 is 10.1 Å². The summed E-state index contributed by atoms with van der Waals surface area (Å²) >= 11 is 1.65. The van der Waals surface area contributed by atoms with Crippen molar-refractivity contribution in [1.29, 1.82) is 0 Å². The highest BCUT2D eigenvalue weighted by Gasteiger charge is 2.05. The van der Waals surface area contributed by atoms with E-state index in [0.717, 1.165) is 47.3 Å². The van der Waals surface area contributed by atoms with Crippen LogP contribution in [0.4, 0.5) is 4.39 Å². The molecule has 0 saturated heterocycles. The number of para-hydroxylation sites is 1. The van der Waals surface area contributed by atoms with Gasteiger partial charge in [-0.05, 0) is 47.2 Å². The summed E-state index contributed by atoms with van der Waals surface area (Å²) in [6.07, 6.45) is 1.01. The fourth-order valence-electron chi connectivity index (χ4n) is 2.46. The molecule has 2 aromatic carbocycles. The van der Waals surface area contributed by atoms with Crippen molar-refractivity contribution in [2.24, 2.45) is 7.05 Å². The number of benzene rings is 2. The van der Waals surface area contributed by atoms with Crippen LogP contribution in [0.1, 0.15) is 17.5 Å². The van der Waals surface area contributed by atoms with Gasteiger partial charge in [-0.15, -0.1) is 17.5 Å². The molecule has 0 spiro atoms. The molecule has 6 nitrogen and oxygen atoms in total. The van der Waals surface area contributed by atoms with Crippen LogP contribution in [-0.2, 0) is 20.2 Å². The summed E-state index contributed by atoms with van der Waals surface area (Å²) in [7, 11) is 1.84. The van der Waals surface area contributed by atoms with Crippen molar-refractivity contribution >= 4 is 24.2 Å². The van der Waals surface area contributed by atoms with E-state index < -0.39 is 0 Å². The van der Waals surface area contributed by atoms with Gasteiger partial charge in [-0.1, -0.05) is 42.1 Å². The second-order valence-electron chi connectivity index (χ2n) is 5.99. The molecule has 1 heterocycles. The van der Waals surface area contributed by atoms with Crippen LogP contribution in [0, 0.1) is 5.82 Å². The van der Waals surface area contributed by atoms with E-state index in [-0.39, 0.29) is 18.2 Å². The molecule has 0 aliphatic heterocycles. The molecular formula is C19H23ClFN5OS. The number of aromatic nitrogens is 4. The van der Waals surface area contributed by atoms with Gasteiger partial charge in [-0.3, -0.25) is 0 Å². The molecule has 0 fully saturated rings. The number of hydrogen-bond donors (Lipinski definition) is 1. The summed E-state index contributed by atoms with van der Waals surface area (Å²) in [4.78, 5) is 0. The predicted octanol–water partition coefficient (Wildman–Crippen LogP) is 3.62. The lowest BCUT2D eigenvalue weighted by atomic mass is 10.2. The maximum Gasteiger partial charge on any atom is 0.209 e. The highest BCUT2D eigenvalue weighted by molar-refractivity contribution is 7.99. The van der Waals surface area contributed by atoms with Crippen molar-refractivity contribution in [2.45, 2.75) is 24.7 Å². The molecule has 1 N–H and O–H groups in total. The van der Waals surface area contributed by atoms with Gasteiger partial charge in [0.1, 0.15) is 18.2 Å². The Morgan fingerprint density at radius 1 is 1.14 bits per heavy atom. The van der Waals surface area contributed by atoms with Gasteiger partial charge >= 0.3 is 0 Å². The number of ether oxygens (including phenoxy) is 1. The smallest absolute Gasteiger partial charge is 0.209 e. The maximum absolute atomic E-state index is 13.0. The van der Waals surface area contributed by atoms with Crippen LogP contribution < -0.4 is 10.1 Å². The summed E-state index contributed by atoms with van der Waals surface area (Å²) < 4.78 is 20.6. The molecule has 0 aliphatic rings. The summed E-state index contributed by atoms with van der Waals surface area (Å²) in [5.41, 5.74) is 2.04. The quantitative estimate of drug-likeness (QED) is 0.397. The van der Waals surface area contributed by atoms with E-state index in [9.17, 15) is 4.39 Å². The highest BCUT2D eigenvalue weighted by Crippen LogP contribution is 2.19. The Labute approximate surface area is 174 Å². The number of thioether (sulfide) groups is 1. The van der Waals surface area contributed by atoms with E-state index >= 15 is 0 Å². The monoisotopic (exact) mass is 423 g/mol. The van der Waals surface area contributed by atoms with E-state index in [1.165, 1.54) is 12.1 Å². The topological polar surface area (TPSA) is 64.9 Å². The van der Waals surface area contributed by atoms with Crippen molar-refractivity contribution in [1.82, 2.24) is 25.5 Å². The lowest BCUT2D eigenvalue weighted by Gasteiger charge is -2.12. The van der Waals surface area contributed by atoms with Crippen LogP contribution in [0.15, 0.2) is 53.7 Å². The second kappa shape index (κ2) is 11.6. The van der Waals surface area contributed by atoms with E-state index in [1.807, 2.05) is 31.3 Å². The normalized spacial score (nSPS) is 10.5. The van der Waals surface area contributed by atoms with Gasteiger partial charge in [0.2, 0.25) is 5.16 Å². The van der Waals surface area contributed by atoms with Crippen molar-refractivity contribution < 1.29 is 9.13 Å². The van der Waals surface area contributed by atoms with E-state index in [4.69, 9.17) is 4.74 Å². The summed E-state index contributed by atoms with van der Waals surface area (Å²) in [5, 5.41) is 15.7. The fourth-order valence-corrected chi connectivity index (χ4v) is 3.25. The minimum atomic E-state index is -0.239. The Balaban J connectivity index is 0.00000280. The van der Waals surface area contributed by atoms with Crippen molar-refractivity contribution in [3.8, 4) is 5.75 Å². The lowest BCUT2D eigenvalue weighted by molar-refractivity contribution is 0.302. The van der Waals surface area contributed by atoms with Crippen LogP contribution in [0.3, 0.4) is 0 Å². The van der Waals surface area contributed by atoms with Gasteiger partial charge in [0.05, 0.1) is 0 Å². The highest BCUT2D eigenvalue weighted by atomic mass is 35.5. The first-order valence-corrected chi connectivity index (χ1v) is 9.72. The molecule has 0 bridgehead atoms. The molecule has 0 aliphatic carbocycles. The molecule has 28 heavy (non-hydrogen) atoms. The largest absolute Gasteiger partial charge is 0.489 e. The Bertz CT molecular complexity index is 846. The van der Waals surface area contributed by atoms with Gasteiger partial charge in [0.25, 0.3) is 0 Å². The van der Waals surface area contributed by atoms with Crippen LogP contribution in [0.5, 0.6) is 5.75 Å². The Morgan fingerprint density at radius 3 is 2.68 bits per heavy atom. The molecule has 150 valence electrons. The lowest BCUT2D eigenvalue weighted by Crippen LogP contribution is -2.16. The number of tetrazole rings is 1. The van der Waals surface area contributed by atoms with Crippen LogP contribution >= 0.6 is 24.2 Å². The summed E-state index contributed by atoms with van der Waals surface area (Å²) in [5.74, 6) is 1.55. The van der Waals surface area contributed by atoms with Crippen LogP contribution in [0.25, 0.3) is 0 Å². The number of rotatable bonds is 10. The van der Waals surface area contributed by atoms with Gasteiger partial charge in [0.15, 0.2) is 0 Å². The zero-order chi connectivity index (χ0) is 18.9. The molecule has 3 aromatic rings. The molecule has 3 rings (SSSR count). The van der Waals surface area contributed by atoms with E-state index in [1.54, 1.807) is 28.6 Å². The Kier molecular flexibility index (Phi) is 9.19. The molecular weight excluding hydrogens is 401 g/mol. The molecule has 0 saturated carbocycles. The maximum atomic E-state index is 13.0. The summed E-state index contributed by atoms with van der Waals surface area (Å²) in [6, 6.07) is 14.3. The number of halogens is 2. The first kappa shape index (κ1) is 22.1. The third-order valence-corrected chi connectivity index (χ3v) is 5.00. The molecule has 1 aromatic heterocycles. The molecule has 0 radical (unpaired) electrons. The average molecular weight is 424 g/mol. The van der Waals surface area contributed by atoms with Gasteiger partial charge in [0, 0.05) is 24.9 Å². The minimum Gasteiger partial charge on any atom is -0.489 e. The number of hydrogen-bond acceptors (Lipinski definition) is 6. The van der Waals surface area contributed by atoms with Crippen molar-refractivity contribution in [3.05, 3.63) is 65.5 Å². The standard InChI is InChI=1S/C19H22FN5OS.ClH/c1-25-19(22-23-24-25)27-12-4-11-21-13-16-5-2-3-6-18(16)26-14-15-7-9-17(20)10-8-15;/h2-3,5-10,21H,4,11-14H2,1H3;1H. The molecule has 0 unspecified atom stereocenters. The average Bonchev–Trinajstić information content (AvgIpc) is 3.10. The second-order valence-corrected chi connectivity index (χ2v) is 7.05. The van der Waals surface area contributed by atoms with Gasteiger partial charge in [-0.2, -0.15) is 0 Å². The Morgan fingerprint density at radius 2 is 1.93 bits per heavy atom.